The van der Waals surface area contributed by atoms with E-state index < -0.39 is 17.7 Å². The van der Waals surface area contributed by atoms with Crippen LogP contribution in [0.1, 0.15) is 5.56 Å². The van der Waals surface area contributed by atoms with Crippen molar-refractivity contribution in [3.05, 3.63) is 77.8 Å². The lowest BCUT2D eigenvalue weighted by atomic mass is 10.1. The molecule has 26 heavy (non-hydrogen) atoms. The first-order valence-electron chi connectivity index (χ1n) is 7.59. The summed E-state index contributed by atoms with van der Waals surface area (Å²) in [5.74, 6) is -0.850. The van der Waals surface area contributed by atoms with Crippen LogP contribution in [0.15, 0.2) is 72.3 Å². The maximum absolute atomic E-state index is 13.3. The molecule has 1 aromatic heterocycles. The Kier molecular flexibility index (Phi) is 5.18. The quantitative estimate of drug-likeness (QED) is 0.622. The van der Waals surface area contributed by atoms with Crippen molar-refractivity contribution in [1.82, 2.24) is 4.98 Å². The van der Waals surface area contributed by atoms with E-state index in [2.05, 4.69) is 10.3 Å². The van der Waals surface area contributed by atoms with Crippen molar-refractivity contribution in [2.75, 3.05) is 5.32 Å². The van der Waals surface area contributed by atoms with Gasteiger partial charge in [-0.3, -0.25) is 4.79 Å². The van der Waals surface area contributed by atoms with Gasteiger partial charge in [0.1, 0.15) is 5.01 Å². The molecule has 0 fully saturated rings. The first-order valence-corrected chi connectivity index (χ1v) is 8.47. The van der Waals surface area contributed by atoms with Gasteiger partial charge in [-0.15, -0.1) is 11.3 Å². The molecule has 0 aliphatic carbocycles. The predicted molar refractivity (Wildman–Crippen MR) is 96.7 cm³/mol. The molecule has 132 valence electrons. The van der Waals surface area contributed by atoms with Crippen LogP contribution in [0, 0.1) is 0 Å². The van der Waals surface area contributed by atoms with Crippen LogP contribution in [0.25, 0.3) is 16.1 Å². The summed E-state index contributed by atoms with van der Waals surface area (Å²) in [7, 11) is 0. The summed E-state index contributed by atoms with van der Waals surface area (Å²) in [6, 6.07) is 14.0. The fraction of sp³-hybridized carbons (Fsp3) is 0.0526. The zero-order valence-electron chi connectivity index (χ0n) is 13.3. The summed E-state index contributed by atoms with van der Waals surface area (Å²) in [4.78, 5) is 16.3. The average molecular weight is 374 g/mol. The second kappa shape index (κ2) is 7.53. The Hall–Kier alpha value is -2.93. The molecule has 7 heteroatoms. The molecule has 0 saturated heterocycles. The van der Waals surface area contributed by atoms with Crippen molar-refractivity contribution in [2.24, 2.45) is 0 Å². The first-order chi connectivity index (χ1) is 12.4. The SMILES string of the molecule is O=C(/C=C(\c1ccccc1)C(F)(F)F)Nc1cccc(-c2nccs2)c1. The standard InChI is InChI=1S/C19H13F3N2OS/c20-19(21,22)16(13-5-2-1-3-6-13)12-17(25)24-15-8-4-7-14(11-15)18-23-9-10-26-18/h1-12H,(H,24,25)/b16-12+. The molecule has 3 rings (SSSR count). The second-order valence-corrected chi connectivity index (χ2v) is 6.22. The topological polar surface area (TPSA) is 42.0 Å². The van der Waals surface area contributed by atoms with Gasteiger partial charge in [0.25, 0.3) is 0 Å². The number of halogens is 3. The largest absolute Gasteiger partial charge is 0.417 e. The predicted octanol–water partition coefficient (Wildman–Crippen LogP) is 5.39. The van der Waals surface area contributed by atoms with Crippen molar-refractivity contribution >= 4 is 28.5 Å². The number of carbonyl (C=O) groups is 1. The fourth-order valence-corrected chi connectivity index (χ4v) is 2.99. The van der Waals surface area contributed by atoms with Crippen molar-refractivity contribution < 1.29 is 18.0 Å². The molecule has 1 N–H and O–H groups in total. The number of rotatable bonds is 4. The van der Waals surface area contributed by atoms with E-state index in [1.807, 2.05) is 11.4 Å². The molecule has 2 aromatic carbocycles. The molecular weight excluding hydrogens is 361 g/mol. The van der Waals surface area contributed by atoms with E-state index in [4.69, 9.17) is 0 Å². The summed E-state index contributed by atoms with van der Waals surface area (Å²) >= 11 is 1.43. The van der Waals surface area contributed by atoms with Crippen molar-refractivity contribution in [2.45, 2.75) is 6.18 Å². The molecule has 0 radical (unpaired) electrons. The van der Waals surface area contributed by atoms with Crippen LogP contribution in [0.2, 0.25) is 0 Å². The molecular formula is C19H13F3N2OS. The van der Waals surface area contributed by atoms with Gasteiger partial charge in [-0.25, -0.2) is 4.98 Å². The molecule has 3 nitrogen and oxygen atoms in total. The number of thiazole rings is 1. The molecule has 0 spiro atoms. The molecule has 1 amide bonds. The van der Waals surface area contributed by atoms with Gasteiger partial charge in [0.2, 0.25) is 5.91 Å². The van der Waals surface area contributed by atoms with E-state index in [-0.39, 0.29) is 5.56 Å². The lowest BCUT2D eigenvalue weighted by Gasteiger charge is -2.12. The third-order valence-corrected chi connectivity index (χ3v) is 4.30. The summed E-state index contributed by atoms with van der Waals surface area (Å²) in [6.45, 7) is 0. The van der Waals surface area contributed by atoms with Crippen LogP contribution < -0.4 is 5.32 Å². The highest BCUT2D eigenvalue weighted by molar-refractivity contribution is 7.13. The molecule has 0 aliphatic heterocycles. The van der Waals surface area contributed by atoms with E-state index in [9.17, 15) is 18.0 Å². The molecule has 0 atom stereocenters. The number of amides is 1. The maximum atomic E-state index is 13.3. The van der Waals surface area contributed by atoms with Gasteiger partial charge in [0.15, 0.2) is 0 Å². The van der Waals surface area contributed by atoms with Gasteiger partial charge < -0.3 is 5.32 Å². The van der Waals surface area contributed by atoms with Gasteiger partial charge in [-0.2, -0.15) is 13.2 Å². The Labute approximate surface area is 151 Å². The summed E-state index contributed by atoms with van der Waals surface area (Å²) in [5.41, 5.74) is 0.118. The van der Waals surface area contributed by atoms with E-state index in [1.54, 1.807) is 30.5 Å². The third kappa shape index (κ3) is 4.37. The lowest BCUT2D eigenvalue weighted by Crippen LogP contribution is -2.16. The van der Waals surface area contributed by atoms with Crippen LogP contribution in [-0.4, -0.2) is 17.1 Å². The van der Waals surface area contributed by atoms with Crippen molar-refractivity contribution in [3.8, 4) is 10.6 Å². The number of aromatic nitrogens is 1. The Bertz CT molecular complexity index is 919. The third-order valence-electron chi connectivity index (χ3n) is 3.48. The number of nitrogens with one attached hydrogen (secondary N) is 1. The van der Waals surface area contributed by atoms with Crippen molar-refractivity contribution in [3.63, 3.8) is 0 Å². The van der Waals surface area contributed by atoms with E-state index >= 15 is 0 Å². The molecule has 0 aliphatic rings. The van der Waals surface area contributed by atoms with E-state index in [0.717, 1.165) is 10.6 Å². The van der Waals surface area contributed by atoms with Crippen LogP contribution >= 0.6 is 11.3 Å². The molecule has 0 bridgehead atoms. The molecule has 0 unspecified atom stereocenters. The van der Waals surface area contributed by atoms with Gasteiger partial charge in [-0.05, 0) is 17.7 Å². The zero-order valence-corrected chi connectivity index (χ0v) is 14.1. The molecule has 0 saturated carbocycles. The van der Waals surface area contributed by atoms with Gasteiger partial charge in [0, 0.05) is 28.9 Å². The van der Waals surface area contributed by atoms with Crippen molar-refractivity contribution in [1.29, 1.82) is 0 Å². The highest BCUT2D eigenvalue weighted by Gasteiger charge is 2.35. The number of anilines is 1. The van der Waals surface area contributed by atoms with Gasteiger partial charge >= 0.3 is 6.18 Å². The van der Waals surface area contributed by atoms with E-state index in [1.165, 1.54) is 35.6 Å². The summed E-state index contributed by atoms with van der Waals surface area (Å²) < 4.78 is 39.9. The van der Waals surface area contributed by atoms with Gasteiger partial charge in [-0.1, -0.05) is 42.5 Å². The normalized spacial score (nSPS) is 12.0. The van der Waals surface area contributed by atoms with Crippen LogP contribution in [0.5, 0.6) is 0 Å². The number of allylic oxidation sites excluding steroid dienone is 1. The summed E-state index contributed by atoms with van der Waals surface area (Å²) in [5, 5.41) is 5.06. The lowest BCUT2D eigenvalue weighted by molar-refractivity contribution is -0.112. The maximum Gasteiger partial charge on any atom is 0.417 e. The number of hydrogen-bond donors (Lipinski definition) is 1. The smallest absolute Gasteiger partial charge is 0.322 e. The molecule has 1 heterocycles. The number of carbonyl (C=O) groups excluding carboxylic acids is 1. The summed E-state index contributed by atoms with van der Waals surface area (Å²) in [6.07, 6.45) is -2.41. The number of alkyl halides is 3. The Morgan fingerprint density at radius 3 is 2.50 bits per heavy atom. The van der Waals surface area contributed by atoms with Crippen LogP contribution in [0.3, 0.4) is 0 Å². The monoisotopic (exact) mass is 374 g/mol. The number of nitrogens with zero attached hydrogens (tertiary/aromatic N) is 1. The van der Waals surface area contributed by atoms with Crippen LogP contribution in [-0.2, 0) is 4.79 Å². The number of hydrogen-bond acceptors (Lipinski definition) is 3. The second-order valence-electron chi connectivity index (χ2n) is 5.33. The minimum absolute atomic E-state index is 0.0633. The fourth-order valence-electron chi connectivity index (χ4n) is 2.35. The minimum Gasteiger partial charge on any atom is -0.322 e. The highest BCUT2D eigenvalue weighted by atomic mass is 32.1. The molecule has 3 aromatic rings. The highest BCUT2D eigenvalue weighted by Crippen LogP contribution is 2.33. The Morgan fingerprint density at radius 2 is 1.85 bits per heavy atom. The van der Waals surface area contributed by atoms with E-state index in [0.29, 0.717) is 11.8 Å². The first kappa shape index (κ1) is 17.9. The van der Waals surface area contributed by atoms with Gasteiger partial charge in [0.05, 0.1) is 5.57 Å². The number of benzene rings is 2. The zero-order chi connectivity index (χ0) is 18.6. The Balaban J connectivity index is 1.85. The van der Waals surface area contributed by atoms with Crippen LogP contribution in [0.4, 0.5) is 18.9 Å². The average Bonchev–Trinajstić information content (AvgIpc) is 3.14. The Morgan fingerprint density at radius 1 is 1.08 bits per heavy atom. The minimum atomic E-state index is -4.64.